The topological polar surface area (TPSA) is 46.5 Å². The molecule has 0 aliphatic heterocycles. The number of hydrogen-bond donors (Lipinski definition) is 1. The van der Waals surface area contributed by atoms with Crippen molar-refractivity contribution in [3.05, 3.63) is 60.2 Å². The summed E-state index contributed by atoms with van der Waals surface area (Å²) < 4.78 is 5.12. The number of carboxylic acids is 1. The first-order valence-electron chi connectivity index (χ1n) is 5.84. The third-order valence-electron chi connectivity index (χ3n) is 2.73. The Kier molecular flexibility index (Phi) is 3.98. The number of aliphatic carboxylic acids is 1. The lowest BCUT2D eigenvalue weighted by atomic mass is 10.0. The Bertz CT molecular complexity index is 598. The van der Waals surface area contributed by atoms with Crippen molar-refractivity contribution in [1.29, 1.82) is 0 Å². The van der Waals surface area contributed by atoms with Gasteiger partial charge in [-0.15, -0.1) is 0 Å². The van der Waals surface area contributed by atoms with Crippen LogP contribution in [0.15, 0.2) is 54.6 Å². The van der Waals surface area contributed by atoms with Gasteiger partial charge < -0.3 is 9.84 Å². The van der Waals surface area contributed by atoms with E-state index in [0.29, 0.717) is 0 Å². The molecule has 0 aliphatic carbocycles. The van der Waals surface area contributed by atoms with Gasteiger partial charge in [0.05, 0.1) is 7.11 Å². The van der Waals surface area contributed by atoms with Crippen LogP contribution in [0.1, 0.15) is 5.56 Å². The number of benzene rings is 2. The minimum atomic E-state index is -0.949. The molecule has 0 saturated carbocycles. The molecule has 2 aromatic rings. The zero-order chi connectivity index (χ0) is 13.7. The fraction of sp³-hybridized carbons (Fsp3) is 0.0625. The zero-order valence-corrected chi connectivity index (χ0v) is 10.5. The number of ether oxygens (including phenoxy) is 1. The molecule has 0 radical (unpaired) electrons. The highest BCUT2D eigenvalue weighted by atomic mass is 16.5. The van der Waals surface area contributed by atoms with Crippen molar-refractivity contribution >= 4 is 12.0 Å². The second kappa shape index (κ2) is 5.87. The molecule has 96 valence electrons. The van der Waals surface area contributed by atoms with Crippen molar-refractivity contribution in [3.8, 4) is 16.9 Å². The molecule has 3 nitrogen and oxygen atoms in total. The number of carbonyl (C=O) groups is 1. The molecule has 0 saturated heterocycles. The summed E-state index contributed by atoms with van der Waals surface area (Å²) in [7, 11) is 1.63. The van der Waals surface area contributed by atoms with Crippen LogP contribution in [0.3, 0.4) is 0 Å². The maximum atomic E-state index is 10.5. The summed E-state index contributed by atoms with van der Waals surface area (Å²) in [4.78, 5) is 10.5. The average molecular weight is 254 g/mol. The first-order chi connectivity index (χ1) is 9.19. The van der Waals surface area contributed by atoms with Crippen LogP contribution in [0, 0.1) is 0 Å². The summed E-state index contributed by atoms with van der Waals surface area (Å²) in [6.07, 6.45) is 2.71. The van der Waals surface area contributed by atoms with Crippen LogP contribution in [-0.4, -0.2) is 18.2 Å². The Morgan fingerprint density at radius 1 is 1.11 bits per heavy atom. The number of hydrogen-bond acceptors (Lipinski definition) is 2. The normalized spacial score (nSPS) is 10.6. The van der Waals surface area contributed by atoms with Crippen molar-refractivity contribution in [2.75, 3.05) is 7.11 Å². The first-order valence-corrected chi connectivity index (χ1v) is 5.84. The molecule has 3 heteroatoms. The van der Waals surface area contributed by atoms with Crippen LogP contribution >= 0.6 is 0 Å². The molecule has 0 heterocycles. The van der Waals surface area contributed by atoms with Gasteiger partial charge >= 0.3 is 5.97 Å². The van der Waals surface area contributed by atoms with Crippen LogP contribution < -0.4 is 4.74 Å². The third kappa shape index (κ3) is 3.45. The molecule has 0 amide bonds. The maximum absolute atomic E-state index is 10.5. The van der Waals surface area contributed by atoms with Gasteiger partial charge in [-0.1, -0.05) is 30.3 Å². The molecule has 0 unspecified atom stereocenters. The summed E-state index contributed by atoms with van der Waals surface area (Å²) >= 11 is 0. The van der Waals surface area contributed by atoms with Gasteiger partial charge in [-0.25, -0.2) is 4.79 Å². The van der Waals surface area contributed by atoms with Gasteiger partial charge in [-0.2, -0.15) is 0 Å². The number of carboxylic acid groups (broad SMARTS) is 1. The zero-order valence-electron chi connectivity index (χ0n) is 10.5. The predicted octanol–water partition coefficient (Wildman–Crippen LogP) is 3.46. The molecular formula is C16H14O3. The van der Waals surface area contributed by atoms with Crippen molar-refractivity contribution in [2.24, 2.45) is 0 Å². The Morgan fingerprint density at radius 2 is 1.84 bits per heavy atom. The van der Waals surface area contributed by atoms with Crippen molar-refractivity contribution < 1.29 is 14.6 Å². The number of rotatable bonds is 4. The highest BCUT2D eigenvalue weighted by Gasteiger charge is 1.99. The van der Waals surface area contributed by atoms with Gasteiger partial charge in [0, 0.05) is 6.08 Å². The van der Waals surface area contributed by atoms with Gasteiger partial charge in [-0.3, -0.25) is 0 Å². The summed E-state index contributed by atoms with van der Waals surface area (Å²) in [5.74, 6) is -0.138. The smallest absolute Gasteiger partial charge is 0.328 e. The fourth-order valence-corrected chi connectivity index (χ4v) is 1.77. The molecule has 2 rings (SSSR count). The average Bonchev–Trinajstić information content (AvgIpc) is 2.45. The van der Waals surface area contributed by atoms with E-state index in [2.05, 4.69) is 0 Å². The standard InChI is InChI=1S/C16H14O3/c1-19-15-8-6-13(7-9-15)14-4-2-3-12(11-14)5-10-16(17)18/h2-11H,1H3,(H,17,18). The maximum Gasteiger partial charge on any atom is 0.328 e. The lowest BCUT2D eigenvalue weighted by Gasteiger charge is -2.04. The first kappa shape index (κ1) is 12.9. The van der Waals surface area contributed by atoms with Crippen LogP contribution in [-0.2, 0) is 4.79 Å². The minimum absolute atomic E-state index is 0.811. The van der Waals surface area contributed by atoms with Crippen LogP contribution in [0.5, 0.6) is 5.75 Å². The minimum Gasteiger partial charge on any atom is -0.497 e. The summed E-state index contributed by atoms with van der Waals surface area (Å²) in [5, 5.41) is 8.62. The largest absolute Gasteiger partial charge is 0.497 e. The summed E-state index contributed by atoms with van der Waals surface area (Å²) in [5.41, 5.74) is 2.96. The van der Waals surface area contributed by atoms with Gasteiger partial charge in [0.25, 0.3) is 0 Å². The van der Waals surface area contributed by atoms with E-state index in [-0.39, 0.29) is 0 Å². The van der Waals surface area contributed by atoms with Gasteiger partial charge in [-0.05, 0) is 41.0 Å². The van der Waals surface area contributed by atoms with E-state index < -0.39 is 5.97 Å². The second-order valence-corrected chi connectivity index (χ2v) is 4.03. The Labute approximate surface area is 111 Å². The summed E-state index contributed by atoms with van der Waals surface area (Å²) in [6.45, 7) is 0. The van der Waals surface area contributed by atoms with Gasteiger partial charge in [0.1, 0.15) is 5.75 Å². The van der Waals surface area contributed by atoms with Crippen LogP contribution in [0.2, 0.25) is 0 Å². The lowest BCUT2D eigenvalue weighted by Crippen LogP contribution is -1.86. The van der Waals surface area contributed by atoms with Crippen molar-refractivity contribution in [2.45, 2.75) is 0 Å². The van der Waals surface area contributed by atoms with E-state index in [0.717, 1.165) is 28.5 Å². The predicted molar refractivity (Wildman–Crippen MR) is 75.1 cm³/mol. The van der Waals surface area contributed by atoms with E-state index >= 15 is 0 Å². The molecule has 0 aromatic heterocycles. The summed E-state index contributed by atoms with van der Waals surface area (Å²) in [6, 6.07) is 15.4. The van der Waals surface area contributed by atoms with E-state index in [1.54, 1.807) is 13.2 Å². The van der Waals surface area contributed by atoms with Crippen LogP contribution in [0.4, 0.5) is 0 Å². The highest BCUT2D eigenvalue weighted by Crippen LogP contribution is 2.23. The van der Waals surface area contributed by atoms with E-state index in [9.17, 15) is 4.79 Å². The molecule has 0 aliphatic rings. The molecule has 2 aromatic carbocycles. The molecule has 1 N–H and O–H groups in total. The van der Waals surface area contributed by atoms with E-state index in [4.69, 9.17) is 9.84 Å². The molecule has 0 fully saturated rings. The third-order valence-corrected chi connectivity index (χ3v) is 2.73. The quantitative estimate of drug-likeness (QED) is 0.850. The lowest BCUT2D eigenvalue weighted by molar-refractivity contribution is -0.131. The molecule has 0 bridgehead atoms. The Balaban J connectivity index is 2.29. The Morgan fingerprint density at radius 3 is 2.47 bits per heavy atom. The van der Waals surface area contributed by atoms with E-state index in [1.165, 1.54) is 0 Å². The van der Waals surface area contributed by atoms with Crippen molar-refractivity contribution in [1.82, 2.24) is 0 Å². The molecular weight excluding hydrogens is 240 g/mol. The molecule has 0 atom stereocenters. The number of methoxy groups -OCH3 is 1. The Hall–Kier alpha value is -2.55. The SMILES string of the molecule is COc1ccc(-c2cccc(C=CC(=O)O)c2)cc1. The van der Waals surface area contributed by atoms with Gasteiger partial charge in [0.2, 0.25) is 0 Å². The van der Waals surface area contributed by atoms with Crippen molar-refractivity contribution in [3.63, 3.8) is 0 Å². The highest BCUT2D eigenvalue weighted by molar-refractivity contribution is 5.85. The molecule has 19 heavy (non-hydrogen) atoms. The van der Waals surface area contributed by atoms with Crippen LogP contribution in [0.25, 0.3) is 17.2 Å². The van der Waals surface area contributed by atoms with E-state index in [1.807, 2.05) is 48.5 Å². The monoisotopic (exact) mass is 254 g/mol. The fourth-order valence-electron chi connectivity index (χ4n) is 1.77. The molecule has 0 spiro atoms. The second-order valence-electron chi connectivity index (χ2n) is 4.03. The van der Waals surface area contributed by atoms with Gasteiger partial charge in [0.15, 0.2) is 0 Å².